The minimum absolute atomic E-state index is 0.0798. The summed E-state index contributed by atoms with van der Waals surface area (Å²) in [5.41, 5.74) is 7.77. The Morgan fingerprint density at radius 2 is 2.30 bits per heavy atom. The molecular formula is C16H25FN2O. The highest BCUT2D eigenvalue weighted by Crippen LogP contribution is 2.27. The number of para-hydroxylation sites is 1. The van der Waals surface area contributed by atoms with Crippen molar-refractivity contribution in [3.8, 4) is 0 Å². The lowest BCUT2D eigenvalue weighted by Gasteiger charge is -2.28. The van der Waals surface area contributed by atoms with Gasteiger partial charge >= 0.3 is 0 Å². The van der Waals surface area contributed by atoms with E-state index in [-0.39, 0.29) is 18.0 Å². The normalized spacial score (nSPS) is 21.6. The van der Waals surface area contributed by atoms with Gasteiger partial charge in [-0.3, -0.25) is 0 Å². The topological polar surface area (TPSA) is 38.5 Å². The van der Waals surface area contributed by atoms with Crippen molar-refractivity contribution in [2.75, 3.05) is 24.6 Å². The lowest BCUT2D eigenvalue weighted by Crippen LogP contribution is -2.32. The zero-order valence-corrected chi connectivity index (χ0v) is 12.4. The summed E-state index contributed by atoms with van der Waals surface area (Å²) in [5, 5.41) is 0. The summed E-state index contributed by atoms with van der Waals surface area (Å²) in [6.07, 6.45) is 2.67. The van der Waals surface area contributed by atoms with Crippen molar-refractivity contribution in [1.29, 1.82) is 0 Å². The fourth-order valence-electron chi connectivity index (χ4n) is 2.70. The number of rotatable bonds is 4. The Balaban J connectivity index is 2.28. The highest BCUT2D eigenvalue weighted by Gasteiger charge is 2.21. The molecule has 0 aliphatic carbocycles. The second kappa shape index (κ2) is 7.04. The molecular weight excluding hydrogens is 255 g/mol. The zero-order valence-electron chi connectivity index (χ0n) is 12.4. The molecule has 112 valence electrons. The molecule has 1 aromatic carbocycles. The van der Waals surface area contributed by atoms with Gasteiger partial charge in [0.2, 0.25) is 0 Å². The van der Waals surface area contributed by atoms with Crippen LogP contribution in [0.5, 0.6) is 0 Å². The molecule has 1 aliphatic rings. The molecule has 0 saturated carbocycles. The number of anilines is 1. The lowest BCUT2D eigenvalue weighted by atomic mass is 10.0. The Morgan fingerprint density at radius 3 is 3.05 bits per heavy atom. The molecule has 2 unspecified atom stereocenters. The Morgan fingerprint density at radius 1 is 1.50 bits per heavy atom. The van der Waals surface area contributed by atoms with E-state index in [4.69, 9.17) is 10.5 Å². The summed E-state index contributed by atoms with van der Waals surface area (Å²) in [4.78, 5) is 2.12. The maximum atomic E-state index is 14.3. The van der Waals surface area contributed by atoms with Gasteiger partial charge in [-0.25, -0.2) is 4.39 Å². The van der Waals surface area contributed by atoms with Gasteiger partial charge in [0.25, 0.3) is 0 Å². The van der Waals surface area contributed by atoms with Crippen LogP contribution in [0, 0.1) is 5.82 Å². The summed E-state index contributed by atoms with van der Waals surface area (Å²) < 4.78 is 20.0. The van der Waals surface area contributed by atoms with E-state index in [1.54, 1.807) is 6.07 Å². The van der Waals surface area contributed by atoms with Gasteiger partial charge in [-0.05, 0) is 37.8 Å². The summed E-state index contributed by atoms with van der Waals surface area (Å²) in [6, 6.07) is 5.38. The van der Waals surface area contributed by atoms with Gasteiger partial charge in [0.1, 0.15) is 5.82 Å². The standard InChI is InChI=1S/C16H25FN2O/c1-3-14(18)10-13-6-4-7-15(17)16(13)19-8-5-9-20-12(2)11-19/h4,6-7,12,14H,3,5,8-11,18H2,1-2H3. The predicted molar refractivity (Wildman–Crippen MR) is 80.6 cm³/mol. The number of nitrogens with two attached hydrogens (primary N) is 1. The van der Waals surface area contributed by atoms with E-state index >= 15 is 0 Å². The zero-order chi connectivity index (χ0) is 14.5. The Kier molecular flexibility index (Phi) is 5.38. The Labute approximate surface area is 120 Å². The predicted octanol–water partition coefficient (Wildman–Crippen LogP) is 2.72. The summed E-state index contributed by atoms with van der Waals surface area (Å²) >= 11 is 0. The second-order valence-electron chi connectivity index (χ2n) is 5.60. The first kappa shape index (κ1) is 15.3. The van der Waals surface area contributed by atoms with Gasteiger partial charge in [-0.1, -0.05) is 19.1 Å². The molecule has 1 aliphatic heterocycles. The number of ether oxygens (including phenoxy) is 1. The number of hydrogen-bond donors (Lipinski definition) is 1. The van der Waals surface area contributed by atoms with Crippen LogP contribution in [0.2, 0.25) is 0 Å². The first-order valence-electron chi connectivity index (χ1n) is 7.51. The molecule has 1 fully saturated rings. The highest BCUT2D eigenvalue weighted by atomic mass is 19.1. The fraction of sp³-hybridized carbons (Fsp3) is 0.625. The van der Waals surface area contributed by atoms with E-state index in [2.05, 4.69) is 11.8 Å². The van der Waals surface area contributed by atoms with Crippen molar-refractivity contribution < 1.29 is 9.13 Å². The van der Waals surface area contributed by atoms with Gasteiger partial charge in [-0.15, -0.1) is 0 Å². The molecule has 3 nitrogen and oxygen atoms in total. The highest BCUT2D eigenvalue weighted by molar-refractivity contribution is 5.55. The first-order chi connectivity index (χ1) is 9.61. The quantitative estimate of drug-likeness (QED) is 0.921. The van der Waals surface area contributed by atoms with Crippen LogP contribution in [0.1, 0.15) is 32.3 Å². The number of hydrogen-bond acceptors (Lipinski definition) is 3. The number of nitrogens with zero attached hydrogens (tertiary/aromatic N) is 1. The fourth-order valence-corrected chi connectivity index (χ4v) is 2.70. The number of benzene rings is 1. The largest absolute Gasteiger partial charge is 0.377 e. The van der Waals surface area contributed by atoms with Crippen molar-refractivity contribution in [2.24, 2.45) is 5.73 Å². The van der Waals surface area contributed by atoms with E-state index < -0.39 is 0 Å². The Hall–Kier alpha value is -1.13. The van der Waals surface area contributed by atoms with Crippen molar-refractivity contribution in [3.63, 3.8) is 0 Å². The molecule has 0 radical (unpaired) electrons. The monoisotopic (exact) mass is 280 g/mol. The van der Waals surface area contributed by atoms with Crippen molar-refractivity contribution in [3.05, 3.63) is 29.6 Å². The van der Waals surface area contributed by atoms with Crippen molar-refractivity contribution in [1.82, 2.24) is 0 Å². The van der Waals surface area contributed by atoms with Crippen LogP contribution < -0.4 is 10.6 Å². The van der Waals surface area contributed by atoms with Gasteiger partial charge in [0, 0.05) is 25.7 Å². The number of halogens is 1. The van der Waals surface area contributed by atoms with Crippen molar-refractivity contribution in [2.45, 2.75) is 45.3 Å². The van der Waals surface area contributed by atoms with Crippen LogP contribution in [-0.2, 0) is 11.2 Å². The molecule has 2 N–H and O–H groups in total. The molecule has 0 amide bonds. The average molecular weight is 280 g/mol. The summed E-state index contributed by atoms with van der Waals surface area (Å²) in [7, 11) is 0. The SMILES string of the molecule is CCC(N)Cc1cccc(F)c1N1CCCOC(C)C1. The molecule has 2 atom stereocenters. The molecule has 1 saturated heterocycles. The minimum Gasteiger partial charge on any atom is -0.377 e. The maximum absolute atomic E-state index is 14.3. The minimum atomic E-state index is -0.153. The van der Waals surface area contributed by atoms with Gasteiger partial charge < -0.3 is 15.4 Å². The van der Waals surface area contributed by atoms with E-state index in [1.165, 1.54) is 6.07 Å². The van der Waals surface area contributed by atoms with E-state index in [9.17, 15) is 4.39 Å². The molecule has 0 aromatic heterocycles. The molecule has 4 heteroatoms. The average Bonchev–Trinajstić information content (AvgIpc) is 2.63. The van der Waals surface area contributed by atoms with E-state index in [1.807, 2.05) is 13.0 Å². The van der Waals surface area contributed by atoms with Crippen LogP contribution >= 0.6 is 0 Å². The summed E-state index contributed by atoms with van der Waals surface area (Å²) in [6.45, 7) is 6.41. The van der Waals surface area contributed by atoms with E-state index in [0.29, 0.717) is 5.69 Å². The van der Waals surface area contributed by atoms with Crippen LogP contribution in [0.15, 0.2) is 18.2 Å². The van der Waals surface area contributed by atoms with Gasteiger partial charge in [-0.2, -0.15) is 0 Å². The molecule has 20 heavy (non-hydrogen) atoms. The third-order valence-electron chi connectivity index (χ3n) is 3.85. The second-order valence-corrected chi connectivity index (χ2v) is 5.60. The van der Waals surface area contributed by atoms with E-state index in [0.717, 1.165) is 44.5 Å². The first-order valence-corrected chi connectivity index (χ1v) is 7.51. The van der Waals surface area contributed by atoms with Crippen LogP contribution in [0.3, 0.4) is 0 Å². The van der Waals surface area contributed by atoms with Crippen molar-refractivity contribution >= 4 is 5.69 Å². The molecule has 0 spiro atoms. The molecule has 1 heterocycles. The smallest absolute Gasteiger partial charge is 0.146 e. The van der Waals surface area contributed by atoms with Gasteiger partial charge in [0.05, 0.1) is 11.8 Å². The Bertz CT molecular complexity index is 438. The third kappa shape index (κ3) is 3.70. The van der Waals surface area contributed by atoms with Crippen LogP contribution in [0.4, 0.5) is 10.1 Å². The van der Waals surface area contributed by atoms with Gasteiger partial charge in [0.15, 0.2) is 0 Å². The lowest BCUT2D eigenvalue weighted by molar-refractivity contribution is 0.0820. The molecule has 1 aromatic rings. The third-order valence-corrected chi connectivity index (χ3v) is 3.85. The summed E-state index contributed by atoms with van der Waals surface area (Å²) in [5.74, 6) is -0.153. The maximum Gasteiger partial charge on any atom is 0.146 e. The molecule has 2 rings (SSSR count). The van der Waals surface area contributed by atoms with Crippen LogP contribution in [0.25, 0.3) is 0 Å². The molecule has 0 bridgehead atoms. The van der Waals surface area contributed by atoms with Crippen LogP contribution in [-0.4, -0.2) is 31.8 Å².